The number of hydrogen-bond donors (Lipinski definition) is 1. The van der Waals surface area contributed by atoms with Gasteiger partial charge in [-0.2, -0.15) is 0 Å². The van der Waals surface area contributed by atoms with Crippen molar-refractivity contribution >= 4 is 40.0 Å². The van der Waals surface area contributed by atoms with Gasteiger partial charge in [-0.15, -0.1) is 11.3 Å². The smallest absolute Gasteiger partial charge is 0.271 e. The molecular formula is C12H12ClN3O2S. The van der Waals surface area contributed by atoms with Crippen LogP contribution in [0.25, 0.3) is 0 Å². The molecule has 0 unspecified atom stereocenters. The Morgan fingerprint density at radius 1 is 1.42 bits per heavy atom. The Bertz CT molecular complexity index is 615. The molecule has 0 bridgehead atoms. The molecule has 7 heteroatoms. The molecule has 0 amide bonds. The van der Waals surface area contributed by atoms with Gasteiger partial charge in [0, 0.05) is 24.1 Å². The second-order valence-corrected chi connectivity index (χ2v) is 5.86. The summed E-state index contributed by atoms with van der Waals surface area (Å²) in [7, 11) is 1.88. The number of nitro benzene ring substituents is 1. The van der Waals surface area contributed by atoms with Crippen LogP contribution in [0.2, 0.25) is 4.34 Å². The Kier molecular flexibility index (Phi) is 3.92. The lowest BCUT2D eigenvalue weighted by molar-refractivity contribution is -0.384. The third-order valence-corrected chi connectivity index (χ3v) is 3.87. The van der Waals surface area contributed by atoms with E-state index >= 15 is 0 Å². The third kappa shape index (κ3) is 3.15. The van der Waals surface area contributed by atoms with Crippen LogP contribution in [0.1, 0.15) is 4.88 Å². The molecule has 0 aliphatic rings. The van der Waals surface area contributed by atoms with Gasteiger partial charge in [-0.3, -0.25) is 10.1 Å². The Morgan fingerprint density at radius 2 is 2.16 bits per heavy atom. The Morgan fingerprint density at radius 3 is 2.68 bits per heavy atom. The summed E-state index contributed by atoms with van der Waals surface area (Å²) < 4.78 is 0.736. The van der Waals surface area contributed by atoms with Crippen LogP contribution in [0.5, 0.6) is 0 Å². The maximum Gasteiger partial charge on any atom is 0.271 e. The first-order chi connectivity index (χ1) is 8.97. The maximum absolute atomic E-state index is 10.7. The lowest BCUT2D eigenvalue weighted by Gasteiger charge is -2.20. The van der Waals surface area contributed by atoms with Crippen LogP contribution < -0.4 is 10.6 Å². The first-order valence-corrected chi connectivity index (χ1v) is 6.66. The minimum Gasteiger partial charge on any atom is -0.397 e. The van der Waals surface area contributed by atoms with Crippen LogP contribution in [-0.4, -0.2) is 12.0 Å². The van der Waals surface area contributed by atoms with Crippen molar-refractivity contribution < 1.29 is 4.92 Å². The highest BCUT2D eigenvalue weighted by molar-refractivity contribution is 7.16. The van der Waals surface area contributed by atoms with E-state index in [4.69, 9.17) is 17.3 Å². The van der Waals surface area contributed by atoms with Crippen molar-refractivity contribution in [2.24, 2.45) is 0 Å². The molecule has 0 saturated heterocycles. The van der Waals surface area contributed by atoms with Gasteiger partial charge in [0.25, 0.3) is 5.69 Å². The molecule has 0 aliphatic heterocycles. The van der Waals surface area contributed by atoms with Gasteiger partial charge in [0.1, 0.15) is 0 Å². The monoisotopic (exact) mass is 297 g/mol. The molecule has 2 N–H and O–H groups in total. The van der Waals surface area contributed by atoms with Crippen LogP contribution in [0, 0.1) is 10.1 Å². The van der Waals surface area contributed by atoms with Crippen molar-refractivity contribution in [3.63, 3.8) is 0 Å². The van der Waals surface area contributed by atoms with Gasteiger partial charge in [-0.25, -0.2) is 0 Å². The van der Waals surface area contributed by atoms with Gasteiger partial charge in [-0.05, 0) is 18.2 Å². The van der Waals surface area contributed by atoms with E-state index in [0.29, 0.717) is 12.2 Å². The van der Waals surface area contributed by atoms with E-state index in [2.05, 4.69) is 0 Å². The highest BCUT2D eigenvalue weighted by Crippen LogP contribution is 2.29. The maximum atomic E-state index is 10.7. The van der Waals surface area contributed by atoms with E-state index in [1.807, 2.05) is 24.1 Å². The number of nitrogen functional groups attached to an aromatic ring is 1. The molecule has 1 heterocycles. The summed E-state index contributed by atoms with van der Waals surface area (Å²) in [6, 6.07) is 8.26. The Balaban J connectivity index is 2.19. The SMILES string of the molecule is CN(Cc1ccc(Cl)s1)c1ccc([N+](=O)[O-])cc1N. The predicted molar refractivity (Wildman–Crippen MR) is 78.9 cm³/mol. The summed E-state index contributed by atoms with van der Waals surface area (Å²) in [5.74, 6) is 0. The van der Waals surface area contributed by atoms with Crippen molar-refractivity contribution in [1.82, 2.24) is 0 Å². The fraction of sp³-hybridized carbons (Fsp3) is 0.167. The number of nitrogens with two attached hydrogens (primary N) is 1. The molecule has 2 aromatic rings. The second-order valence-electron chi connectivity index (χ2n) is 4.06. The molecule has 0 aliphatic carbocycles. The van der Waals surface area contributed by atoms with Crippen LogP contribution in [-0.2, 0) is 6.54 Å². The molecule has 1 aromatic heterocycles. The number of hydrogen-bond acceptors (Lipinski definition) is 5. The molecule has 19 heavy (non-hydrogen) atoms. The summed E-state index contributed by atoms with van der Waals surface area (Å²) in [6.07, 6.45) is 0. The minimum atomic E-state index is -0.459. The van der Waals surface area contributed by atoms with Crippen LogP contribution in [0.4, 0.5) is 17.1 Å². The number of nitrogens with zero attached hydrogens (tertiary/aromatic N) is 2. The first kappa shape index (κ1) is 13.6. The lowest BCUT2D eigenvalue weighted by atomic mass is 10.2. The standard InChI is InChI=1S/C12H12ClN3O2S/c1-15(7-9-3-5-12(13)19-9)11-4-2-8(16(17)18)6-10(11)14/h2-6H,7,14H2,1H3. The largest absolute Gasteiger partial charge is 0.397 e. The van der Waals surface area contributed by atoms with Gasteiger partial charge in [0.15, 0.2) is 0 Å². The number of benzene rings is 1. The number of nitro groups is 1. The molecule has 0 spiro atoms. The predicted octanol–water partition coefficient (Wildman–Crippen LogP) is 3.53. The summed E-state index contributed by atoms with van der Waals surface area (Å²) in [6.45, 7) is 0.652. The van der Waals surface area contributed by atoms with Gasteiger partial charge in [0.05, 0.1) is 27.2 Å². The molecule has 0 fully saturated rings. The van der Waals surface area contributed by atoms with Crippen LogP contribution in [0.3, 0.4) is 0 Å². The number of rotatable bonds is 4. The van der Waals surface area contributed by atoms with Crippen LogP contribution >= 0.6 is 22.9 Å². The Hall–Kier alpha value is -1.79. The van der Waals surface area contributed by atoms with E-state index < -0.39 is 4.92 Å². The van der Waals surface area contributed by atoms with Crippen molar-refractivity contribution in [2.75, 3.05) is 17.7 Å². The number of halogens is 1. The van der Waals surface area contributed by atoms with Gasteiger partial charge in [0.2, 0.25) is 0 Å². The molecule has 1 aromatic carbocycles. The van der Waals surface area contributed by atoms with E-state index in [0.717, 1.165) is 14.9 Å². The molecule has 5 nitrogen and oxygen atoms in total. The zero-order chi connectivity index (χ0) is 14.0. The van der Waals surface area contributed by atoms with Crippen LogP contribution in [0.15, 0.2) is 30.3 Å². The summed E-state index contributed by atoms with van der Waals surface area (Å²) in [5, 5.41) is 10.7. The average molecular weight is 298 g/mol. The van der Waals surface area contributed by atoms with Crippen molar-refractivity contribution in [2.45, 2.75) is 6.54 Å². The molecule has 0 atom stereocenters. The fourth-order valence-corrected chi connectivity index (χ4v) is 2.90. The van der Waals surface area contributed by atoms with Crippen molar-refractivity contribution in [3.8, 4) is 0 Å². The summed E-state index contributed by atoms with van der Waals surface area (Å²) in [5.41, 5.74) is 6.99. The van der Waals surface area contributed by atoms with E-state index in [9.17, 15) is 10.1 Å². The molecule has 0 saturated carbocycles. The molecule has 0 radical (unpaired) electrons. The quantitative estimate of drug-likeness (QED) is 0.532. The van der Waals surface area contributed by atoms with Gasteiger partial charge < -0.3 is 10.6 Å². The topological polar surface area (TPSA) is 72.4 Å². The normalized spacial score (nSPS) is 10.4. The molecule has 100 valence electrons. The molecular weight excluding hydrogens is 286 g/mol. The van der Waals surface area contributed by atoms with Crippen molar-refractivity contribution in [1.29, 1.82) is 0 Å². The highest BCUT2D eigenvalue weighted by atomic mass is 35.5. The Labute approximate surface area is 119 Å². The van der Waals surface area contributed by atoms with E-state index in [-0.39, 0.29) is 5.69 Å². The van der Waals surface area contributed by atoms with Crippen molar-refractivity contribution in [3.05, 3.63) is 49.7 Å². The lowest BCUT2D eigenvalue weighted by Crippen LogP contribution is -2.17. The highest BCUT2D eigenvalue weighted by Gasteiger charge is 2.12. The first-order valence-electron chi connectivity index (χ1n) is 5.46. The van der Waals surface area contributed by atoms with Gasteiger partial charge in [-0.1, -0.05) is 11.6 Å². The fourth-order valence-electron chi connectivity index (χ4n) is 1.76. The van der Waals surface area contributed by atoms with Gasteiger partial charge >= 0.3 is 0 Å². The average Bonchev–Trinajstić information content (AvgIpc) is 2.74. The summed E-state index contributed by atoms with van der Waals surface area (Å²) in [4.78, 5) is 13.2. The zero-order valence-corrected chi connectivity index (χ0v) is 11.7. The molecule has 2 rings (SSSR count). The minimum absolute atomic E-state index is 0.00572. The third-order valence-electron chi connectivity index (χ3n) is 2.66. The number of non-ortho nitro benzene ring substituents is 1. The van der Waals surface area contributed by atoms with E-state index in [1.54, 1.807) is 6.07 Å². The number of anilines is 2. The summed E-state index contributed by atoms with van der Waals surface area (Å²) >= 11 is 7.38. The number of thiophene rings is 1. The van der Waals surface area contributed by atoms with E-state index in [1.165, 1.54) is 23.5 Å². The zero-order valence-electron chi connectivity index (χ0n) is 10.2. The second kappa shape index (κ2) is 5.46.